The van der Waals surface area contributed by atoms with Crippen LogP contribution in [0.4, 0.5) is 4.79 Å². The average molecular weight is 280 g/mol. The van der Waals surface area contributed by atoms with Gasteiger partial charge in [0.25, 0.3) is 5.91 Å². The molecule has 1 aliphatic carbocycles. The first-order valence-corrected chi connectivity index (χ1v) is 6.86. The van der Waals surface area contributed by atoms with Gasteiger partial charge in [-0.15, -0.1) is 0 Å². The number of hydrogen-bond acceptors (Lipinski definition) is 2. The van der Waals surface area contributed by atoms with E-state index in [-0.39, 0.29) is 11.3 Å². The number of urea groups is 1. The predicted molar refractivity (Wildman–Crippen MR) is 81.0 cm³/mol. The van der Waals surface area contributed by atoms with Crippen LogP contribution in [-0.2, 0) is 4.79 Å². The second kappa shape index (κ2) is 5.05. The first-order valence-electron chi connectivity index (χ1n) is 6.86. The lowest BCUT2D eigenvalue weighted by Crippen LogP contribution is -2.22. The SMILES string of the molecule is CC1(/C=C2/NC(=O)NC2=O)C=CC(c2ccccc2)=CC1. The normalized spacial score (nSPS) is 26.5. The lowest BCUT2D eigenvalue weighted by Gasteiger charge is -2.25. The quantitative estimate of drug-likeness (QED) is 0.646. The molecule has 0 saturated carbocycles. The van der Waals surface area contributed by atoms with E-state index in [1.165, 1.54) is 11.1 Å². The van der Waals surface area contributed by atoms with Gasteiger partial charge in [0.1, 0.15) is 5.70 Å². The minimum atomic E-state index is -0.463. The molecule has 1 atom stereocenters. The van der Waals surface area contributed by atoms with Crippen molar-refractivity contribution in [2.75, 3.05) is 0 Å². The van der Waals surface area contributed by atoms with Gasteiger partial charge in [-0.2, -0.15) is 0 Å². The molecule has 1 fully saturated rings. The van der Waals surface area contributed by atoms with Crippen LogP contribution in [0.25, 0.3) is 5.57 Å². The minimum absolute atomic E-state index is 0.275. The second-order valence-electron chi connectivity index (χ2n) is 5.54. The summed E-state index contributed by atoms with van der Waals surface area (Å²) in [6.07, 6.45) is 8.87. The Balaban J connectivity index is 1.80. The lowest BCUT2D eigenvalue weighted by atomic mass is 9.80. The van der Waals surface area contributed by atoms with Gasteiger partial charge in [-0.25, -0.2) is 4.79 Å². The fourth-order valence-electron chi connectivity index (χ4n) is 2.51. The molecular weight excluding hydrogens is 264 g/mol. The molecule has 1 unspecified atom stereocenters. The van der Waals surface area contributed by atoms with Crippen LogP contribution in [0.15, 0.2) is 60.3 Å². The molecule has 2 aliphatic rings. The van der Waals surface area contributed by atoms with Gasteiger partial charge in [-0.3, -0.25) is 10.1 Å². The van der Waals surface area contributed by atoms with Crippen molar-refractivity contribution in [2.45, 2.75) is 13.3 Å². The van der Waals surface area contributed by atoms with Gasteiger partial charge in [0.2, 0.25) is 0 Å². The van der Waals surface area contributed by atoms with Gasteiger partial charge >= 0.3 is 6.03 Å². The van der Waals surface area contributed by atoms with E-state index in [0.29, 0.717) is 5.70 Å². The molecule has 21 heavy (non-hydrogen) atoms. The highest BCUT2D eigenvalue weighted by Gasteiger charge is 2.28. The Kier molecular flexibility index (Phi) is 3.22. The van der Waals surface area contributed by atoms with Crippen molar-refractivity contribution in [3.8, 4) is 0 Å². The smallest absolute Gasteiger partial charge is 0.303 e. The Morgan fingerprint density at radius 2 is 1.90 bits per heavy atom. The summed E-state index contributed by atoms with van der Waals surface area (Å²) in [6.45, 7) is 2.03. The Labute approximate surface area is 123 Å². The number of carbonyl (C=O) groups excluding carboxylic acids is 2. The molecule has 1 aliphatic heterocycles. The second-order valence-corrected chi connectivity index (χ2v) is 5.54. The van der Waals surface area contributed by atoms with Crippen molar-refractivity contribution < 1.29 is 9.59 Å². The van der Waals surface area contributed by atoms with Crippen molar-refractivity contribution >= 4 is 17.5 Å². The minimum Gasteiger partial charge on any atom is -0.303 e. The molecule has 106 valence electrons. The van der Waals surface area contributed by atoms with E-state index in [1.54, 1.807) is 0 Å². The van der Waals surface area contributed by atoms with Gasteiger partial charge in [-0.1, -0.05) is 55.5 Å². The molecule has 0 spiro atoms. The Bertz CT molecular complexity index is 686. The van der Waals surface area contributed by atoms with Crippen LogP contribution in [-0.4, -0.2) is 11.9 Å². The zero-order chi connectivity index (χ0) is 14.9. The summed E-state index contributed by atoms with van der Waals surface area (Å²) < 4.78 is 0. The maximum absolute atomic E-state index is 11.6. The zero-order valence-electron chi connectivity index (χ0n) is 11.7. The Morgan fingerprint density at radius 1 is 1.14 bits per heavy atom. The Morgan fingerprint density at radius 3 is 2.48 bits per heavy atom. The third-order valence-electron chi connectivity index (χ3n) is 3.71. The van der Waals surface area contributed by atoms with Gasteiger partial charge in [0.05, 0.1) is 0 Å². The first kappa shape index (κ1) is 13.4. The van der Waals surface area contributed by atoms with E-state index in [2.05, 4.69) is 41.0 Å². The maximum Gasteiger partial charge on any atom is 0.326 e. The molecule has 3 rings (SSSR count). The van der Waals surface area contributed by atoms with Crippen LogP contribution < -0.4 is 10.6 Å². The van der Waals surface area contributed by atoms with Crippen molar-refractivity contribution in [1.29, 1.82) is 0 Å². The number of allylic oxidation sites excluding steroid dienone is 5. The van der Waals surface area contributed by atoms with Gasteiger partial charge in [0, 0.05) is 5.41 Å². The number of rotatable bonds is 2. The highest BCUT2D eigenvalue weighted by molar-refractivity contribution is 6.11. The molecular formula is C17H16N2O2. The summed E-state index contributed by atoms with van der Waals surface area (Å²) in [7, 11) is 0. The van der Waals surface area contributed by atoms with Gasteiger partial charge < -0.3 is 5.32 Å². The third kappa shape index (κ3) is 2.79. The predicted octanol–water partition coefficient (Wildman–Crippen LogP) is 2.76. The molecule has 2 N–H and O–H groups in total. The maximum atomic E-state index is 11.6. The number of carbonyl (C=O) groups is 2. The lowest BCUT2D eigenvalue weighted by molar-refractivity contribution is -0.115. The molecule has 4 heteroatoms. The molecule has 0 bridgehead atoms. The standard InChI is InChI=1S/C17H16N2O2/c1-17(11-14-15(20)19-16(21)18-14)9-7-13(8-10-17)12-5-3-2-4-6-12/h2-9,11H,10H2,1H3,(H2,18,19,20,21)/b14-11+. The van der Waals surface area contributed by atoms with E-state index in [1.807, 2.05) is 31.2 Å². The molecule has 3 amide bonds. The molecule has 0 aromatic heterocycles. The third-order valence-corrected chi connectivity index (χ3v) is 3.71. The highest BCUT2D eigenvalue weighted by atomic mass is 16.2. The summed E-state index contributed by atoms with van der Waals surface area (Å²) in [5.41, 5.74) is 2.40. The van der Waals surface area contributed by atoms with Gasteiger partial charge in [0.15, 0.2) is 0 Å². The van der Waals surface area contributed by atoms with Crippen LogP contribution >= 0.6 is 0 Å². The molecule has 0 radical (unpaired) electrons. The van der Waals surface area contributed by atoms with Crippen molar-refractivity contribution in [2.24, 2.45) is 5.41 Å². The summed E-state index contributed by atoms with van der Waals surface area (Å²) in [5, 5.41) is 4.74. The number of benzene rings is 1. The largest absolute Gasteiger partial charge is 0.326 e. The molecule has 4 nitrogen and oxygen atoms in total. The molecule has 1 aromatic carbocycles. The summed E-state index contributed by atoms with van der Waals surface area (Å²) in [6, 6.07) is 9.70. The van der Waals surface area contributed by atoms with E-state index >= 15 is 0 Å². The fraction of sp³-hybridized carbons (Fsp3) is 0.176. The number of imide groups is 1. The Hall–Kier alpha value is -2.62. The first-order chi connectivity index (χ1) is 10.1. The van der Waals surface area contributed by atoms with E-state index in [0.717, 1.165) is 6.42 Å². The van der Waals surface area contributed by atoms with Gasteiger partial charge in [-0.05, 0) is 23.6 Å². The fourth-order valence-corrected chi connectivity index (χ4v) is 2.51. The van der Waals surface area contributed by atoms with Crippen LogP contribution in [0.3, 0.4) is 0 Å². The summed E-state index contributed by atoms with van der Waals surface area (Å²) in [4.78, 5) is 22.7. The van der Waals surface area contributed by atoms with Crippen LogP contribution in [0, 0.1) is 5.41 Å². The monoisotopic (exact) mass is 280 g/mol. The topological polar surface area (TPSA) is 58.2 Å². The van der Waals surface area contributed by atoms with E-state index in [4.69, 9.17) is 0 Å². The number of nitrogens with one attached hydrogen (secondary N) is 2. The summed E-state index contributed by atoms with van der Waals surface area (Å²) >= 11 is 0. The number of amides is 3. The van der Waals surface area contributed by atoms with Crippen LogP contribution in [0.1, 0.15) is 18.9 Å². The van der Waals surface area contributed by atoms with Crippen molar-refractivity contribution in [3.63, 3.8) is 0 Å². The molecule has 1 aromatic rings. The number of hydrogen-bond donors (Lipinski definition) is 2. The zero-order valence-corrected chi connectivity index (χ0v) is 11.7. The highest BCUT2D eigenvalue weighted by Crippen LogP contribution is 2.34. The van der Waals surface area contributed by atoms with Crippen molar-refractivity contribution in [3.05, 3.63) is 65.9 Å². The van der Waals surface area contributed by atoms with Crippen molar-refractivity contribution in [1.82, 2.24) is 10.6 Å². The van der Waals surface area contributed by atoms with E-state index < -0.39 is 6.03 Å². The molecule has 1 saturated heterocycles. The average Bonchev–Trinajstić information content (AvgIpc) is 2.78. The van der Waals surface area contributed by atoms with Crippen LogP contribution in [0.2, 0.25) is 0 Å². The van der Waals surface area contributed by atoms with Crippen LogP contribution in [0.5, 0.6) is 0 Å². The summed E-state index contributed by atoms with van der Waals surface area (Å²) in [5.74, 6) is -0.368. The van der Waals surface area contributed by atoms with E-state index in [9.17, 15) is 9.59 Å². The molecule has 1 heterocycles.